The standard InChI is InChI=1S/C28H21IN4O4/c29-20-11-13-24(14-12-20)37-25-16-21(15-23(17-25)33(35)36)30-28(34)26-18-32(22-9-5-2-6-10-22)31-27(26)19-7-3-1-4-8-19/h1-18,35-36H,(H,30,34)/p+1. The van der Waals surface area contributed by atoms with E-state index >= 15 is 0 Å². The van der Waals surface area contributed by atoms with Crippen molar-refractivity contribution in [3.8, 4) is 28.4 Å². The summed E-state index contributed by atoms with van der Waals surface area (Å²) < 4.78 is 8.61. The summed E-state index contributed by atoms with van der Waals surface area (Å²) >= 11 is 2.20. The van der Waals surface area contributed by atoms with E-state index in [4.69, 9.17) is 4.74 Å². The van der Waals surface area contributed by atoms with Gasteiger partial charge in [0.15, 0.2) is 0 Å². The third-order valence-electron chi connectivity index (χ3n) is 5.50. The van der Waals surface area contributed by atoms with Crippen LogP contribution < -0.4 is 15.3 Å². The molecule has 0 aliphatic carbocycles. The van der Waals surface area contributed by atoms with Crippen LogP contribution >= 0.6 is 22.6 Å². The maximum Gasteiger partial charge on any atom is 0.259 e. The molecule has 0 saturated heterocycles. The number of para-hydroxylation sites is 1. The molecular formula is C28H22IN4O4+. The molecule has 5 rings (SSSR count). The maximum atomic E-state index is 13.5. The number of quaternary nitrogens is 1. The van der Waals surface area contributed by atoms with Gasteiger partial charge in [-0.2, -0.15) is 15.5 Å². The Balaban J connectivity index is 1.49. The number of ether oxygens (including phenoxy) is 1. The predicted octanol–water partition coefficient (Wildman–Crippen LogP) is 5.48. The summed E-state index contributed by atoms with van der Waals surface area (Å²) in [6.45, 7) is 0. The molecule has 9 heteroatoms. The fraction of sp³-hybridized carbons (Fsp3) is 0. The van der Waals surface area contributed by atoms with Crippen LogP contribution in [0.1, 0.15) is 10.4 Å². The zero-order valence-corrected chi connectivity index (χ0v) is 21.5. The second-order valence-electron chi connectivity index (χ2n) is 8.12. The van der Waals surface area contributed by atoms with Crippen LogP contribution in [0, 0.1) is 3.57 Å². The fourth-order valence-electron chi connectivity index (χ4n) is 3.76. The zero-order chi connectivity index (χ0) is 25.8. The first-order chi connectivity index (χ1) is 18.0. The molecule has 0 fully saturated rings. The van der Waals surface area contributed by atoms with Crippen LogP contribution in [0.2, 0.25) is 0 Å². The molecule has 0 saturated carbocycles. The van der Waals surface area contributed by atoms with Crippen molar-refractivity contribution in [3.63, 3.8) is 0 Å². The van der Waals surface area contributed by atoms with Gasteiger partial charge in [0.05, 0.1) is 16.9 Å². The first-order valence-electron chi connectivity index (χ1n) is 11.3. The summed E-state index contributed by atoms with van der Waals surface area (Å²) in [5, 5.41) is 26.1. The monoisotopic (exact) mass is 605 g/mol. The van der Waals surface area contributed by atoms with E-state index in [0.29, 0.717) is 28.4 Å². The number of anilines is 1. The molecular weight excluding hydrogens is 583 g/mol. The van der Waals surface area contributed by atoms with E-state index in [1.807, 2.05) is 72.8 Å². The summed E-state index contributed by atoms with van der Waals surface area (Å²) in [5.41, 5.74) is 2.91. The van der Waals surface area contributed by atoms with Crippen molar-refractivity contribution in [2.75, 3.05) is 5.32 Å². The predicted molar refractivity (Wildman–Crippen MR) is 147 cm³/mol. The molecule has 1 amide bonds. The van der Waals surface area contributed by atoms with E-state index < -0.39 is 11.1 Å². The van der Waals surface area contributed by atoms with Crippen LogP contribution in [-0.4, -0.2) is 26.1 Å². The van der Waals surface area contributed by atoms with Crippen LogP contribution in [-0.2, 0) is 0 Å². The van der Waals surface area contributed by atoms with Crippen molar-refractivity contribution in [1.29, 1.82) is 0 Å². The smallest absolute Gasteiger partial charge is 0.259 e. The third kappa shape index (κ3) is 5.87. The number of aromatic nitrogens is 2. The van der Waals surface area contributed by atoms with Gasteiger partial charge in [-0.25, -0.2) is 4.68 Å². The van der Waals surface area contributed by atoms with E-state index in [2.05, 4.69) is 33.0 Å². The summed E-state index contributed by atoms with van der Waals surface area (Å²) in [5.74, 6) is 0.497. The van der Waals surface area contributed by atoms with Crippen LogP contribution in [0.3, 0.4) is 0 Å². The van der Waals surface area contributed by atoms with Crippen molar-refractivity contribution >= 4 is 39.9 Å². The first-order valence-corrected chi connectivity index (χ1v) is 12.4. The molecule has 184 valence electrons. The van der Waals surface area contributed by atoms with Crippen molar-refractivity contribution in [2.24, 2.45) is 0 Å². The molecule has 0 unspecified atom stereocenters. The molecule has 0 spiro atoms. The third-order valence-corrected chi connectivity index (χ3v) is 6.22. The Kier molecular flexibility index (Phi) is 7.28. The van der Waals surface area contributed by atoms with Crippen LogP contribution in [0.5, 0.6) is 11.5 Å². The molecule has 0 radical (unpaired) electrons. The lowest BCUT2D eigenvalue weighted by molar-refractivity contribution is -1.19. The molecule has 1 heterocycles. The first kappa shape index (κ1) is 24.7. The van der Waals surface area contributed by atoms with Gasteiger partial charge in [-0.1, -0.05) is 48.5 Å². The number of nitrogens with one attached hydrogen (secondary N) is 2. The van der Waals surface area contributed by atoms with Gasteiger partial charge in [0.25, 0.3) is 5.91 Å². The lowest BCUT2D eigenvalue weighted by atomic mass is 10.1. The highest BCUT2D eigenvalue weighted by Gasteiger charge is 2.20. The minimum Gasteiger partial charge on any atom is -0.457 e. The second kappa shape index (κ2) is 10.9. The van der Waals surface area contributed by atoms with E-state index in [1.165, 1.54) is 12.1 Å². The van der Waals surface area contributed by atoms with Gasteiger partial charge in [-0.3, -0.25) is 4.79 Å². The molecule has 1 aromatic heterocycles. The van der Waals surface area contributed by atoms with Crippen molar-refractivity contribution in [3.05, 3.63) is 118 Å². The van der Waals surface area contributed by atoms with Gasteiger partial charge in [-0.05, 0) is 64.2 Å². The summed E-state index contributed by atoms with van der Waals surface area (Å²) in [6.07, 6.45) is 1.68. The van der Waals surface area contributed by atoms with Crippen LogP contribution in [0.4, 0.5) is 11.4 Å². The molecule has 0 aliphatic rings. The molecule has 4 aromatic carbocycles. The summed E-state index contributed by atoms with van der Waals surface area (Å²) in [4.78, 5) is 13.5. The van der Waals surface area contributed by atoms with Crippen molar-refractivity contribution < 1.29 is 25.2 Å². The Morgan fingerprint density at radius 1 is 0.865 bits per heavy atom. The average molecular weight is 605 g/mol. The zero-order valence-electron chi connectivity index (χ0n) is 19.4. The van der Waals surface area contributed by atoms with Gasteiger partial charge in [-0.15, -0.1) is 0 Å². The largest absolute Gasteiger partial charge is 0.457 e. The molecule has 0 atom stereocenters. The lowest BCUT2D eigenvalue weighted by Gasteiger charge is -2.11. The second-order valence-corrected chi connectivity index (χ2v) is 9.36. The van der Waals surface area contributed by atoms with Gasteiger partial charge in [0.1, 0.15) is 17.2 Å². The van der Waals surface area contributed by atoms with Gasteiger partial charge in [0.2, 0.25) is 5.69 Å². The fourth-order valence-corrected chi connectivity index (χ4v) is 4.12. The molecule has 37 heavy (non-hydrogen) atoms. The summed E-state index contributed by atoms with van der Waals surface area (Å²) in [7, 11) is 0. The minimum absolute atomic E-state index is 0.0987. The highest BCUT2D eigenvalue weighted by molar-refractivity contribution is 14.1. The Morgan fingerprint density at radius 2 is 1.54 bits per heavy atom. The van der Waals surface area contributed by atoms with E-state index in [9.17, 15) is 15.2 Å². The number of benzene rings is 4. The topological polar surface area (TPSA) is 101 Å². The quantitative estimate of drug-likeness (QED) is 0.145. The number of carbonyl (C=O) groups is 1. The Labute approximate surface area is 226 Å². The molecule has 5 aromatic rings. The number of hydrogen-bond acceptors (Lipinski definition) is 5. The van der Waals surface area contributed by atoms with Crippen LogP contribution in [0.25, 0.3) is 16.9 Å². The Bertz CT molecular complexity index is 1520. The minimum atomic E-state index is -0.884. The van der Waals surface area contributed by atoms with Gasteiger partial charge >= 0.3 is 0 Å². The molecule has 0 aliphatic heterocycles. The number of hydrogen-bond donors (Lipinski definition) is 4. The maximum absolute atomic E-state index is 13.5. The number of halogens is 1. The van der Waals surface area contributed by atoms with Gasteiger partial charge < -0.3 is 10.1 Å². The highest BCUT2D eigenvalue weighted by atomic mass is 127. The normalized spacial score (nSPS) is 10.9. The number of amides is 1. The van der Waals surface area contributed by atoms with E-state index in [-0.39, 0.29) is 5.69 Å². The number of nitrogens with zero attached hydrogens (tertiary/aromatic N) is 2. The molecule has 8 nitrogen and oxygen atoms in total. The number of carbonyl (C=O) groups excluding carboxylic acids is 1. The molecule has 0 bridgehead atoms. The Morgan fingerprint density at radius 3 is 2.22 bits per heavy atom. The van der Waals surface area contributed by atoms with E-state index in [1.54, 1.807) is 29.1 Å². The van der Waals surface area contributed by atoms with E-state index in [0.717, 1.165) is 14.8 Å². The van der Waals surface area contributed by atoms with Crippen LogP contribution in [0.15, 0.2) is 109 Å². The van der Waals surface area contributed by atoms with Crippen molar-refractivity contribution in [2.45, 2.75) is 0 Å². The van der Waals surface area contributed by atoms with Crippen molar-refractivity contribution in [1.82, 2.24) is 9.78 Å². The highest BCUT2D eigenvalue weighted by Crippen LogP contribution is 2.29. The summed E-state index contributed by atoms with van der Waals surface area (Å²) in [6, 6.07) is 30.9. The average Bonchev–Trinajstić information content (AvgIpc) is 3.37. The Hall–Kier alpha value is -4.03. The number of rotatable bonds is 7. The lowest BCUT2D eigenvalue weighted by Crippen LogP contribution is -3.01. The molecule has 4 N–H and O–H groups in total. The van der Waals surface area contributed by atoms with Gasteiger partial charge in [0, 0.05) is 33.5 Å². The SMILES string of the molecule is O=C(Nc1cc(Oc2ccc(I)cc2)cc([NH+](O)O)c1)c1cn(-c2ccccc2)nc1-c1ccccc1.